The summed E-state index contributed by atoms with van der Waals surface area (Å²) in [5, 5.41) is 6.08. The minimum atomic E-state index is 1.18. The number of nitrogens with zero attached hydrogens (tertiary/aromatic N) is 1. The number of hydrogen-bond acceptors (Lipinski definition) is 3. The van der Waals surface area contributed by atoms with Crippen LogP contribution in [0.4, 0.5) is 0 Å². The summed E-state index contributed by atoms with van der Waals surface area (Å²) in [7, 11) is 3.75. The predicted molar refractivity (Wildman–Crippen MR) is 54.6 cm³/mol. The maximum absolute atomic E-state index is 3.33. The molecule has 0 aromatic heterocycles. The summed E-state index contributed by atoms with van der Waals surface area (Å²) in [5.41, 5.74) is 0. The first-order valence-corrected chi connectivity index (χ1v) is 4.86. The molecule has 0 atom stereocenters. The van der Waals surface area contributed by atoms with Gasteiger partial charge in [0, 0.05) is 26.2 Å². The molecule has 74 valence electrons. The van der Waals surface area contributed by atoms with Gasteiger partial charge in [-0.05, 0) is 27.1 Å². The second-order valence-corrected chi connectivity index (χ2v) is 3.09. The van der Waals surface area contributed by atoms with Crippen LogP contribution >= 0.6 is 0 Å². The van der Waals surface area contributed by atoms with E-state index in [1.165, 1.54) is 39.1 Å². The zero-order chi connectivity index (χ0) is 9.23. The first-order chi connectivity index (χ1) is 5.85. The number of rotatable bonds is 2. The number of hydrogen-bond donors (Lipinski definition) is 2. The van der Waals surface area contributed by atoms with E-state index < -0.39 is 0 Å². The lowest BCUT2D eigenvalue weighted by molar-refractivity contribution is 0.241. The molecule has 1 saturated heterocycles. The minimum absolute atomic E-state index is 1.18. The molecule has 1 fully saturated rings. The van der Waals surface area contributed by atoms with Crippen molar-refractivity contribution in [2.45, 2.75) is 13.3 Å². The summed E-state index contributed by atoms with van der Waals surface area (Å²) in [4.78, 5) is 2.51. The molecule has 0 aliphatic carbocycles. The topological polar surface area (TPSA) is 27.3 Å². The molecule has 0 amide bonds. The Hall–Kier alpha value is -0.120. The van der Waals surface area contributed by atoms with E-state index in [4.69, 9.17) is 0 Å². The zero-order valence-electron chi connectivity index (χ0n) is 8.69. The standard InChI is InChI=1S/C7H16N2.C2H7N/c1-2-5-9-6-3-8-4-7-9;1-3-2/h8H,2-7H2,1H3;3H,1-2H3. The van der Waals surface area contributed by atoms with Gasteiger partial charge in [0.05, 0.1) is 0 Å². The summed E-state index contributed by atoms with van der Waals surface area (Å²) < 4.78 is 0. The summed E-state index contributed by atoms with van der Waals surface area (Å²) >= 11 is 0. The second kappa shape index (κ2) is 8.97. The summed E-state index contributed by atoms with van der Waals surface area (Å²) in [6, 6.07) is 0. The Bertz CT molecular complexity index is 77.1. The first kappa shape index (κ1) is 11.9. The van der Waals surface area contributed by atoms with E-state index in [0.29, 0.717) is 0 Å². The van der Waals surface area contributed by atoms with Crippen LogP contribution in [0.1, 0.15) is 13.3 Å². The van der Waals surface area contributed by atoms with Crippen molar-refractivity contribution in [1.82, 2.24) is 15.5 Å². The molecule has 0 aromatic rings. The van der Waals surface area contributed by atoms with Crippen molar-refractivity contribution in [3.63, 3.8) is 0 Å². The maximum atomic E-state index is 3.33. The van der Waals surface area contributed by atoms with E-state index in [1.54, 1.807) is 0 Å². The third-order valence-corrected chi connectivity index (χ3v) is 1.75. The highest BCUT2D eigenvalue weighted by Crippen LogP contribution is 1.92. The average Bonchev–Trinajstić information content (AvgIpc) is 2.08. The fourth-order valence-electron chi connectivity index (χ4n) is 1.25. The summed E-state index contributed by atoms with van der Waals surface area (Å²) in [6.07, 6.45) is 1.29. The van der Waals surface area contributed by atoms with Gasteiger partial charge in [-0.15, -0.1) is 0 Å². The van der Waals surface area contributed by atoms with Gasteiger partial charge in [0.1, 0.15) is 0 Å². The van der Waals surface area contributed by atoms with Crippen molar-refractivity contribution in [2.75, 3.05) is 46.8 Å². The number of nitrogens with one attached hydrogen (secondary N) is 2. The molecule has 0 saturated carbocycles. The normalized spacial score (nSPS) is 18.2. The largest absolute Gasteiger partial charge is 0.323 e. The van der Waals surface area contributed by atoms with E-state index in [0.717, 1.165) is 0 Å². The Balaban J connectivity index is 0.000000354. The molecule has 0 spiro atoms. The second-order valence-electron chi connectivity index (χ2n) is 3.09. The fourth-order valence-corrected chi connectivity index (χ4v) is 1.25. The third kappa shape index (κ3) is 6.58. The molecule has 3 heteroatoms. The summed E-state index contributed by atoms with van der Waals surface area (Å²) in [5.74, 6) is 0. The Morgan fingerprint density at radius 2 is 1.75 bits per heavy atom. The lowest BCUT2D eigenvalue weighted by Gasteiger charge is -2.26. The molecule has 0 bridgehead atoms. The molecular formula is C9H23N3. The Labute approximate surface area is 76.5 Å². The molecule has 3 nitrogen and oxygen atoms in total. The van der Waals surface area contributed by atoms with Crippen molar-refractivity contribution in [3.05, 3.63) is 0 Å². The molecule has 2 N–H and O–H groups in total. The van der Waals surface area contributed by atoms with Crippen LogP contribution in [0, 0.1) is 0 Å². The van der Waals surface area contributed by atoms with Crippen molar-refractivity contribution < 1.29 is 0 Å². The van der Waals surface area contributed by atoms with E-state index >= 15 is 0 Å². The van der Waals surface area contributed by atoms with Gasteiger partial charge >= 0.3 is 0 Å². The van der Waals surface area contributed by atoms with Crippen LogP contribution in [0.3, 0.4) is 0 Å². The molecule has 0 aromatic carbocycles. The fraction of sp³-hybridized carbons (Fsp3) is 1.00. The van der Waals surface area contributed by atoms with Crippen LogP contribution in [0.25, 0.3) is 0 Å². The van der Waals surface area contributed by atoms with Gasteiger partial charge in [-0.25, -0.2) is 0 Å². The molecule has 1 aliphatic heterocycles. The van der Waals surface area contributed by atoms with Gasteiger partial charge in [0.2, 0.25) is 0 Å². The van der Waals surface area contributed by atoms with Crippen LogP contribution < -0.4 is 10.6 Å². The highest BCUT2D eigenvalue weighted by molar-refractivity contribution is 4.65. The average molecular weight is 173 g/mol. The van der Waals surface area contributed by atoms with Crippen LogP contribution in [0.5, 0.6) is 0 Å². The first-order valence-electron chi connectivity index (χ1n) is 4.86. The SMILES string of the molecule is CCCN1CCNCC1.CNC. The van der Waals surface area contributed by atoms with Crippen LogP contribution in [0.2, 0.25) is 0 Å². The smallest absolute Gasteiger partial charge is 0.0107 e. The van der Waals surface area contributed by atoms with E-state index in [9.17, 15) is 0 Å². The molecule has 1 rings (SSSR count). The van der Waals surface area contributed by atoms with E-state index in [2.05, 4.69) is 22.5 Å². The van der Waals surface area contributed by atoms with Crippen LogP contribution in [0.15, 0.2) is 0 Å². The van der Waals surface area contributed by atoms with Gasteiger partial charge in [-0.3, -0.25) is 0 Å². The summed E-state index contributed by atoms with van der Waals surface area (Å²) in [6.45, 7) is 8.37. The van der Waals surface area contributed by atoms with Crippen molar-refractivity contribution in [1.29, 1.82) is 0 Å². The van der Waals surface area contributed by atoms with Gasteiger partial charge in [0.25, 0.3) is 0 Å². The molecule has 0 radical (unpaired) electrons. The monoisotopic (exact) mass is 173 g/mol. The highest BCUT2D eigenvalue weighted by atomic mass is 15.2. The Kier molecular flexibility index (Phi) is 8.88. The quantitative estimate of drug-likeness (QED) is 0.622. The Morgan fingerprint density at radius 3 is 2.17 bits per heavy atom. The van der Waals surface area contributed by atoms with Crippen LogP contribution in [-0.4, -0.2) is 51.7 Å². The van der Waals surface area contributed by atoms with Crippen molar-refractivity contribution >= 4 is 0 Å². The molecule has 1 aliphatic rings. The Morgan fingerprint density at radius 1 is 1.25 bits per heavy atom. The van der Waals surface area contributed by atoms with Crippen molar-refractivity contribution in [3.8, 4) is 0 Å². The van der Waals surface area contributed by atoms with Crippen molar-refractivity contribution in [2.24, 2.45) is 0 Å². The minimum Gasteiger partial charge on any atom is -0.323 e. The lowest BCUT2D eigenvalue weighted by Crippen LogP contribution is -2.43. The van der Waals surface area contributed by atoms with Gasteiger partial charge in [-0.2, -0.15) is 0 Å². The van der Waals surface area contributed by atoms with E-state index in [-0.39, 0.29) is 0 Å². The van der Waals surface area contributed by atoms with Gasteiger partial charge in [0.15, 0.2) is 0 Å². The zero-order valence-corrected chi connectivity index (χ0v) is 8.69. The highest BCUT2D eigenvalue weighted by Gasteiger charge is 2.06. The molecule has 1 heterocycles. The van der Waals surface area contributed by atoms with Gasteiger partial charge < -0.3 is 15.5 Å². The third-order valence-electron chi connectivity index (χ3n) is 1.75. The molecular weight excluding hydrogens is 150 g/mol. The number of piperazine rings is 1. The van der Waals surface area contributed by atoms with Gasteiger partial charge in [-0.1, -0.05) is 6.92 Å². The van der Waals surface area contributed by atoms with E-state index in [1.807, 2.05) is 14.1 Å². The van der Waals surface area contributed by atoms with Crippen LogP contribution in [-0.2, 0) is 0 Å². The lowest BCUT2D eigenvalue weighted by atomic mass is 10.3. The maximum Gasteiger partial charge on any atom is 0.0107 e. The predicted octanol–water partition coefficient (Wildman–Crippen LogP) is 0.137. The molecule has 12 heavy (non-hydrogen) atoms. The molecule has 0 unspecified atom stereocenters.